The largest absolute Gasteiger partial charge is 0.488 e. The van der Waals surface area contributed by atoms with Crippen LogP contribution in [0, 0.1) is 0 Å². The second kappa shape index (κ2) is 7.32. The van der Waals surface area contributed by atoms with Crippen LogP contribution in [0.15, 0.2) is 48.5 Å². The molecule has 1 amide bonds. The molecule has 142 valence electrons. The summed E-state index contributed by atoms with van der Waals surface area (Å²) in [4.78, 5) is 13.2. The fourth-order valence-electron chi connectivity index (χ4n) is 3.02. The highest BCUT2D eigenvalue weighted by molar-refractivity contribution is 6.31. The number of aromatic amines is 1. The second-order valence-corrected chi connectivity index (χ2v) is 6.80. The Morgan fingerprint density at radius 3 is 2.68 bits per heavy atom. The van der Waals surface area contributed by atoms with Crippen molar-refractivity contribution in [1.82, 2.24) is 25.2 Å². The highest BCUT2D eigenvalue weighted by atomic mass is 35.5. The maximum atomic E-state index is 13.2. The van der Waals surface area contributed by atoms with Crippen LogP contribution < -0.4 is 10.1 Å². The summed E-state index contributed by atoms with van der Waals surface area (Å²) in [7, 11) is 0. The first-order chi connectivity index (χ1) is 13.5. The zero-order chi connectivity index (χ0) is 19.7. The number of carbonyl (C=O) groups is 1. The number of hydrogen-bond donors (Lipinski definition) is 2. The molecule has 0 saturated heterocycles. The molecule has 2 aromatic heterocycles. The normalized spacial score (nSPS) is 11.1. The number of amides is 1. The van der Waals surface area contributed by atoms with Gasteiger partial charge in [0, 0.05) is 16.1 Å². The number of ether oxygens (including phenoxy) is 1. The third-order valence-corrected chi connectivity index (χ3v) is 4.27. The molecule has 0 aliphatic rings. The zero-order valence-electron chi connectivity index (χ0n) is 15.2. The summed E-state index contributed by atoms with van der Waals surface area (Å²) in [5, 5.41) is 17.3. The lowest BCUT2D eigenvalue weighted by Gasteiger charge is -2.13. The quantitative estimate of drug-likeness (QED) is 0.534. The molecule has 28 heavy (non-hydrogen) atoms. The third kappa shape index (κ3) is 3.29. The number of tetrazole rings is 1. The van der Waals surface area contributed by atoms with Crippen molar-refractivity contribution in [2.75, 3.05) is 5.32 Å². The van der Waals surface area contributed by atoms with E-state index in [1.54, 1.807) is 12.1 Å². The van der Waals surface area contributed by atoms with Gasteiger partial charge in [0.25, 0.3) is 11.9 Å². The van der Waals surface area contributed by atoms with Crippen LogP contribution in [-0.2, 0) is 0 Å². The summed E-state index contributed by atoms with van der Waals surface area (Å²) in [6.07, 6.45) is -0.148. The van der Waals surface area contributed by atoms with Crippen LogP contribution in [0.2, 0.25) is 5.02 Å². The maximum Gasteiger partial charge on any atom is 0.279 e. The van der Waals surface area contributed by atoms with Crippen molar-refractivity contribution < 1.29 is 9.53 Å². The highest BCUT2D eigenvalue weighted by Gasteiger charge is 2.27. The summed E-state index contributed by atoms with van der Waals surface area (Å²) in [6, 6.07) is 15.0. The summed E-state index contributed by atoms with van der Waals surface area (Å²) >= 11 is 6.23. The first-order valence-electron chi connectivity index (χ1n) is 8.65. The molecule has 4 rings (SSSR count). The minimum absolute atomic E-state index is 0.0726. The van der Waals surface area contributed by atoms with Crippen LogP contribution in [0.1, 0.15) is 24.3 Å². The number of fused-ring (bicyclic) bond motifs is 1. The lowest BCUT2D eigenvalue weighted by molar-refractivity contribution is 0.101. The minimum atomic E-state index is -0.423. The van der Waals surface area contributed by atoms with E-state index in [1.165, 1.54) is 0 Å². The van der Waals surface area contributed by atoms with E-state index in [9.17, 15) is 4.79 Å². The molecular weight excluding hydrogens is 380 g/mol. The number of halogens is 1. The van der Waals surface area contributed by atoms with Crippen LogP contribution in [-0.4, -0.2) is 37.2 Å². The summed E-state index contributed by atoms with van der Waals surface area (Å²) in [6.45, 7) is 3.80. The molecular formula is C19H17ClN6O2. The number of anilines is 1. The van der Waals surface area contributed by atoms with Crippen LogP contribution in [0.4, 0.5) is 5.95 Å². The summed E-state index contributed by atoms with van der Waals surface area (Å²) < 4.78 is 7.88. The van der Waals surface area contributed by atoms with Crippen molar-refractivity contribution >= 4 is 34.4 Å². The van der Waals surface area contributed by atoms with Crippen LogP contribution in [0.25, 0.3) is 16.6 Å². The van der Waals surface area contributed by atoms with E-state index in [2.05, 4.69) is 25.9 Å². The Labute approximate surface area is 165 Å². The number of nitrogens with one attached hydrogen (secondary N) is 2. The zero-order valence-corrected chi connectivity index (χ0v) is 15.9. The molecule has 0 radical (unpaired) electrons. The number of H-pyrrole nitrogens is 1. The smallest absolute Gasteiger partial charge is 0.279 e. The van der Waals surface area contributed by atoms with Gasteiger partial charge in [0.05, 0.1) is 11.6 Å². The molecule has 2 aromatic carbocycles. The molecule has 0 aliphatic carbocycles. The van der Waals surface area contributed by atoms with Gasteiger partial charge < -0.3 is 9.30 Å². The molecule has 0 atom stereocenters. The highest BCUT2D eigenvalue weighted by Crippen LogP contribution is 2.38. The first-order valence-corrected chi connectivity index (χ1v) is 9.03. The maximum absolute atomic E-state index is 13.2. The average Bonchev–Trinajstić information content (AvgIpc) is 3.28. The van der Waals surface area contributed by atoms with Crippen LogP contribution >= 0.6 is 11.6 Å². The lowest BCUT2D eigenvalue weighted by Crippen LogP contribution is -2.19. The Morgan fingerprint density at radius 1 is 1.21 bits per heavy atom. The minimum Gasteiger partial charge on any atom is -0.488 e. The van der Waals surface area contributed by atoms with Gasteiger partial charge in [-0.15, -0.1) is 5.10 Å². The van der Waals surface area contributed by atoms with Crippen molar-refractivity contribution in [3.8, 4) is 11.4 Å². The molecule has 2 N–H and O–H groups in total. The fourth-order valence-corrected chi connectivity index (χ4v) is 3.19. The number of carbonyl (C=O) groups excluding carboxylic acids is 1. The summed E-state index contributed by atoms with van der Waals surface area (Å²) in [5.74, 6) is 0.0916. The topological polar surface area (TPSA) is 97.7 Å². The number of benzene rings is 2. The van der Waals surface area contributed by atoms with Gasteiger partial charge >= 0.3 is 0 Å². The van der Waals surface area contributed by atoms with E-state index < -0.39 is 5.91 Å². The number of rotatable bonds is 5. The molecule has 0 saturated carbocycles. The number of para-hydroxylation sites is 1. The summed E-state index contributed by atoms with van der Waals surface area (Å²) in [5.41, 5.74) is 1.93. The Morgan fingerprint density at radius 2 is 2.00 bits per heavy atom. The first kappa shape index (κ1) is 18.0. The molecule has 0 aliphatic heterocycles. The molecule has 9 heteroatoms. The van der Waals surface area contributed by atoms with Crippen LogP contribution in [0.3, 0.4) is 0 Å². The molecule has 0 fully saturated rings. The van der Waals surface area contributed by atoms with Crippen molar-refractivity contribution in [3.05, 3.63) is 59.2 Å². The van der Waals surface area contributed by atoms with E-state index in [0.717, 1.165) is 16.6 Å². The molecule has 8 nitrogen and oxygen atoms in total. The van der Waals surface area contributed by atoms with Gasteiger partial charge in [0.2, 0.25) is 0 Å². The van der Waals surface area contributed by atoms with E-state index in [1.807, 2.05) is 54.8 Å². The Hall–Kier alpha value is -3.39. The van der Waals surface area contributed by atoms with Gasteiger partial charge in [-0.1, -0.05) is 34.9 Å². The standard InChI is InChI=1S/C19H17ClN6O2/c1-11(2)28-17-14-10-12(20)8-9-15(14)26(13-6-4-3-5-7-13)16(17)18(27)21-19-22-24-25-23-19/h3-11H,1-2H3,(H2,21,22,23,24,25,27). The fraction of sp³-hybridized carbons (Fsp3) is 0.158. The van der Waals surface area contributed by atoms with Gasteiger partial charge in [-0.05, 0) is 49.4 Å². The van der Waals surface area contributed by atoms with E-state index in [4.69, 9.17) is 16.3 Å². The molecule has 0 spiro atoms. The van der Waals surface area contributed by atoms with Gasteiger partial charge in [-0.3, -0.25) is 10.1 Å². The average molecular weight is 397 g/mol. The Kier molecular flexibility index (Phi) is 4.70. The van der Waals surface area contributed by atoms with Crippen molar-refractivity contribution in [1.29, 1.82) is 0 Å². The van der Waals surface area contributed by atoms with Crippen molar-refractivity contribution in [3.63, 3.8) is 0 Å². The number of aromatic nitrogens is 5. The second-order valence-electron chi connectivity index (χ2n) is 6.37. The van der Waals surface area contributed by atoms with E-state index in [0.29, 0.717) is 16.5 Å². The lowest BCUT2D eigenvalue weighted by atomic mass is 10.2. The van der Waals surface area contributed by atoms with Gasteiger partial charge in [0.15, 0.2) is 11.4 Å². The predicted molar refractivity (Wildman–Crippen MR) is 106 cm³/mol. The Balaban J connectivity index is 1.99. The molecule has 0 bridgehead atoms. The third-order valence-electron chi connectivity index (χ3n) is 4.04. The monoisotopic (exact) mass is 396 g/mol. The number of hydrogen-bond acceptors (Lipinski definition) is 5. The Bertz CT molecular complexity index is 1120. The SMILES string of the molecule is CC(C)Oc1c(C(=O)Nc2nn[nH]n2)n(-c2ccccc2)c2ccc(Cl)cc12. The molecule has 0 unspecified atom stereocenters. The van der Waals surface area contributed by atoms with Gasteiger partial charge in [0.1, 0.15) is 0 Å². The molecule has 4 aromatic rings. The predicted octanol–water partition coefficient (Wildman–Crippen LogP) is 3.84. The van der Waals surface area contributed by atoms with E-state index in [-0.39, 0.29) is 12.1 Å². The molecule has 2 heterocycles. The van der Waals surface area contributed by atoms with Crippen molar-refractivity contribution in [2.45, 2.75) is 20.0 Å². The van der Waals surface area contributed by atoms with Crippen LogP contribution in [0.5, 0.6) is 5.75 Å². The van der Waals surface area contributed by atoms with Gasteiger partial charge in [-0.2, -0.15) is 5.21 Å². The van der Waals surface area contributed by atoms with Gasteiger partial charge in [-0.25, -0.2) is 0 Å². The van der Waals surface area contributed by atoms with E-state index >= 15 is 0 Å². The number of nitrogens with zero attached hydrogens (tertiary/aromatic N) is 4. The van der Waals surface area contributed by atoms with Crippen molar-refractivity contribution in [2.24, 2.45) is 0 Å².